The molecule has 0 unspecified atom stereocenters. The van der Waals surface area contributed by atoms with Crippen molar-refractivity contribution >= 4 is 79.4 Å². The molecule has 2 saturated heterocycles. The summed E-state index contributed by atoms with van der Waals surface area (Å²) in [5, 5.41) is 19.8. The van der Waals surface area contributed by atoms with Gasteiger partial charge in [-0.2, -0.15) is 46.8 Å². The summed E-state index contributed by atoms with van der Waals surface area (Å²) in [5.74, 6) is -0.436. The van der Waals surface area contributed by atoms with Crippen molar-refractivity contribution in [1.82, 2.24) is 29.9 Å². The maximum Gasteiger partial charge on any atom is 0.295 e. The van der Waals surface area contributed by atoms with Crippen LogP contribution in [0.25, 0.3) is 12.2 Å². The van der Waals surface area contributed by atoms with Crippen molar-refractivity contribution in [3.8, 4) is 0 Å². The Kier molecular flexibility index (Phi) is 12.6. The number of aromatic nitrogens is 6. The van der Waals surface area contributed by atoms with Crippen LogP contribution < -0.4 is 21.0 Å². The van der Waals surface area contributed by atoms with Gasteiger partial charge in [0.25, 0.3) is 31.5 Å². The van der Waals surface area contributed by atoms with Crippen LogP contribution in [0.4, 0.5) is 35.2 Å². The highest BCUT2D eigenvalue weighted by molar-refractivity contribution is 7.86. The van der Waals surface area contributed by atoms with E-state index in [0.29, 0.717) is 64.5 Å². The van der Waals surface area contributed by atoms with Crippen molar-refractivity contribution in [2.24, 2.45) is 20.0 Å². The van der Waals surface area contributed by atoms with Crippen LogP contribution >= 0.6 is 0 Å². The molecule has 4 heterocycles. The zero-order valence-electron chi connectivity index (χ0n) is 30.4. The molecule has 2 aliphatic heterocycles. The monoisotopic (exact) mass is 836 g/mol. The van der Waals surface area contributed by atoms with E-state index in [-0.39, 0.29) is 45.6 Å². The molecular formula is C34H36N12O10S2. The van der Waals surface area contributed by atoms with E-state index < -0.39 is 41.8 Å². The number of aliphatic hydroxyl groups excluding tert-OH is 2. The van der Waals surface area contributed by atoms with Gasteiger partial charge in [0, 0.05) is 26.2 Å². The second-order valence-corrected chi connectivity index (χ2v) is 14.9. The first-order chi connectivity index (χ1) is 27.7. The molecule has 2 fully saturated rings. The molecule has 0 aliphatic carbocycles. The van der Waals surface area contributed by atoms with Gasteiger partial charge in [0.05, 0.1) is 37.8 Å². The van der Waals surface area contributed by atoms with Crippen LogP contribution in [0.1, 0.15) is 11.1 Å². The highest BCUT2D eigenvalue weighted by Crippen LogP contribution is 2.28. The average molecular weight is 837 g/mol. The Morgan fingerprint density at radius 3 is 1.38 bits per heavy atom. The Morgan fingerprint density at radius 2 is 1.03 bits per heavy atom. The highest BCUT2D eigenvalue weighted by atomic mass is 32.2. The number of rotatable bonds is 12. The molecule has 0 bridgehead atoms. The second kappa shape index (κ2) is 17.8. The van der Waals surface area contributed by atoms with Gasteiger partial charge in [-0.3, -0.25) is 19.1 Å². The Hall–Kier alpha value is -6.44. The lowest BCUT2D eigenvalue weighted by Crippen LogP contribution is -2.38. The SMILES string of the molecule is C=CC(O)=Nc1nc(=Nc2ccc(/C=C/c3ccc(N=c4nc(N=C(O)C=C)[nH]c(N5CCOCC5)n4)cc3S(=O)(=O)O)c(S(=O)(=O)O)c2)nc(N2CCOCC2)[nH]1. The van der Waals surface area contributed by atoms with E-state index in [4.69, 9.17) is 9.47 Å². The minimum Gasteiger partial charge on any atom is -0.493 e. The molecule has 304 valence electrons. The summed E-state index contributed by atoms with van der Waals surface area (Å²) in [6, 6.07) is 7.50. The van der Waals surface area contributed by atoms with E-state index in [9.17, 15) is 36.2 Å². The lowest BCUT2D eigenvalue weighted by molar-refractivity contribution is 0.122. The number of hydrogen-bond acceptors (Lipinski definition) is 16. The Balaban J connectivity index is 1.37. The van der Waals surface area contributed by atoms with Gasteiger partial charge in [-0.25, -0.2) is 9.98 Å². The summed E-state index contributed by atoms with van der Waals surface area (Å²) in [7, 11) is -9.79. The van der Waals surface area contributed by atoms with Crippen LogP contribution in [0.15, 0.2) is 91.5 Å². The van der Waals surface area contributed by atoms with E-state index in [1.54, 1.807) is 0 Å². The van der Waals surface area contributed by atoms with Gasteiger partial charge in [0.15, 0.2) is 0 Å². The molecule has 0 saturated carbocycles. The normalized spacial score (nSPS) is 16.6. The van der Waals surface area contributed by atoms with Crippen molar-refractivity contribution in [3.63, 3.8) is 0 Å². The summed E-state index contributed by atoms with van der Waals surface area (Å²) in [4.78, 5) is 41.9. The molecule has 2 aromatic heterocycles. The Bertz CT molecular complexity index is 2500. The first kappa shape index (κ1) is 41.2. The van der Waals surface area contributed by atoms with E-state index in [0.717, 1.165) is 24.3 Å². The first-order valence-electron chi connectivity index (χ1n) is 17.1. The molecule has 0 radical (unpaired) electrons. The van der Waals surface area contributed by atoms with Gasteiger partial charge in [-0.05, 0) is 47.5 Å². The third-order valence-corrected chi connectivity index (χ3v) is 9.97. The summed E-state index contributed by atoms with van der Waals surface area (Å²) in [6.07, 6.45) is 4.62. The van der Waals surface area contributed by atoms with Crippen molar-refractivity contribution in [3.05, 3.63) is 84.1 Å². The molecule has 58 heavy (non-hydrogen) atoms. The fourth-order valence-corrected chi connectivity index (χ4v) is 6.83. The van der Waals surface area contributed by atoms with E-state index >= 15 is 0 Å². The molecule has 22 nitrogen and oxygen atoms in total. The number of aliphatic hydroxyl groups is 2. The maximum atomic E-state index is 12.6. The Morgan fingerprint density at radius 1 is 0.655 bits per heavy atom. The minimum absolute atomic E-state index is 0.00225. The van der Waals surface area contributed by atoms with Gasteiger partial charge in [0.2, 0.25) is 35.6 Å². The van der Waals surface area contributed by atoms with Crippen molar-refractivity contribution < 1.29 is 45.6 Å². The van der Waals surface area contributed by atoms with Crippen molar-refractivity contribution in [2.75, 3.05) is 62.4 Å². The lowest BCUT2D eigenvalue weighted by atomic mass is 10.1. The molecule has 2 aliphatic rings. The van der Waals surface area contributed by atoms with Crippen LogP contribution in [0, 0.1) is 0 Å². The third-order valence-electron chi connectivity index (χ3n) is 8.15. The topological polar surface area (TPSA) is 307 Å². The van der Waals surface area contributed by atoms with Gasteiger partial charge in [-0.1, -0.05) is 37.4 Å². The standard InChI is InChI=1S/C34H36N12O10S2/c1-3-27(47)37-31-39-29(41-33(43-31)45-11-15-55-16-12-45)35-23-9-7-21(25(19-23)57(49,50)51)5-6-22-8-10-24(20-26(22)58(52,53)54)36-30-40-32(38-28(48)4-2)44-34(42-30)46-13-17-56-18-14-46/h3-10,19-20H,1-2,11-18H2,(H,49,50,51)(H,52,53,54)(H2,35,37,39,41,43,47)(H2,36,38,40,42,44,48)/b6-5+. The number of morpholine rings is 2. The number of nitrogens with zero attached hydrogens (tertiary/aromatic N) is 10. The van der Waals surface area contributed by atoms with E-state index in [2.05, 4.69) is 63.0 Å². The highest BCUT2D eigenvalue weighted by Gasteiger charge is 2.20. The lowest BCUT2D eigenvalue weighted by Gasteiger charge is -2.27. The number of hydrogen-bond donors (Lipinski definition) is 6. The van der Waals surface area contributed by atoms with Gasteiger partial charge < -0.3 is 29.5 Å². The van der Waals surface area contributed by atoms with E-state index in [1.807, 2.05) is 9.80 Å². The number of aromatic amines is 2. The molecule has 6 N–H and O–H groups in total. The molecule has 0 spiro atoms. The quantitative estimate of drug-likeness (QED) is 0.0516. The molecule has 24 heteroatoms. The van der Waals surface area contributed by atoms with E-state index in [1.165, 1.54) is 36.4 Å². The number of aliphatic imine (C=N–C) groups is 2. The number of anilines is 2. The zero-order valence-corrected chi connectivity index (χ0v) is 32.0. The molecule has 0 atom stereocenters. The number of benzene rings is 2. The van der Waals surface area contributed by atoms with Crippen molar-refractivity contribution in [2.45, 2.75) is 9.79 Å². The zero-order chi connectivity index (χ0) is 41.5. The molecular weight excluding hydrogens is 801 g/mol. The smallest absolute Gasteiger partial charge is 0.295 e. The van der Waals surface area contributed by atoms with Crippen molar-refractivity contribution in [1.29, 1.82) is 0 Å². The third kappa shape index (κ3) is 10.7. The van der Waals surface area contributed by atoms with Gasteiger partial charge in [-0.15, -0.1) is 0 Å². The van der Waals surface area contributed by atoms with Crippen LogP contribution in [-0.4, -0.2) is 130 Å². The molecule has 6 rings (SSSR count). The summed E-state index contributed by atoms with van der Waals surface area (Å²) >= 11 is 0. The average Bonchev–Trinajstić information content (AvgIpc) is 3.20. The summed E-state index contributed by atoms with van der Waals surface area (Å²) < 4.78 is 81.5. The summed E-state index contributed by atoms with van der Waals surface area (Å²) in [5.41, 5.74) is -0.480. The number of nitrogens with one attached hydrogen (secondary N) is 2. The predicted molar refractivity (Wildman–Crippen MR) is 211 cm³/mol. The van der Waals surface area contributed by atoms with Gasteiger partial charge >= 0.3 is 0 Å². The van der Waals surface area contributed by atoms with Crippen LogP contribution in [0.5, 0.6) is 0 Å². The predicted octanol–water partition coefficient (Wildman–Crippen LogP) is 2.27. The van der Waals surface area contributed by atoms with Crippen LogP contribution in [0.3, 0.4) is 0 Å². The fraction of sp³-hybridized carbons (Fsp3) is 0.235. The number of H-pyrrole nitrogens is 2. The van der Waals surface area contributed by atoms with Crippen LogP contribution in [0.2, 0.25) is 0 Å². The minimum atomic E-state index is -4.90. The Labute approximate surface area is 330 Å². The molecule has 2 aromatic carbocycles. The second-order valence-electron chi connectivity index (χ2n) is 12.1. The molecule has 0 amide bonds. The molecule has 4 aromatic rings. The maximum absolute atomic E-state index is 12.6. The summed E-state index contributed by atoms with van der Waals surface area (Å²) in [6.45, 7) is 10.5. The largest absolute Gasteiger partial charge is 0.493 e. The fourth-order valence-electron chi connectivity index (χ4n) is 5.42. The van der Waals surface area contributed by atoms with Gasteiger partial charge in [0.1, 0.15) is 9.79 Å². The van der Waals surface area contributed by atoms with Crippen LogP contribution in [-0.2, 0) is 29.7 Å². The first-order valence-corrected chi connectivity index (χ1v) is 20.0. The number of ether oxygens (including phenoxy) is 2.